The van der Waals surface area contributed by atoms with Crippen LogP contribution >= 0.6 is 0 Å². The summed E-state index contributed by atoms with van der Waals surface area (Å²) in [5.41, 5.74) is 1.36. The van der Waals surface area contributed by atoms with Crippen LogP contribution in [0.1, 0.15) is 16.9 Å². The first-order valence-electron chi connectivity index (χ1n) is 7.07. The number of benzene rings is 2. The number of halogens is 2. The Morgan fingerprint density at radius 1 is 1.12 bits per heavy atom. The molecule has 5 nitrogen and oxygen atoms in total. The first-order chi connectivity index (χ1) is 11.6. The fourth-order valence-electron chi connectivity index (χ4n) is 2.27. The van der Waals surface area contributed by atoms with E-state index in [1.165, 1.54) is 13.2 Å². The molecule has 0 saturated carbocycles. The van der Waals surface area contributed by atoms with E-state index in [-0.39, 0.29) is 11.6 Å². The molecule has 0 aliphatic heterocycles. The molecule has 2 aromatic carbocycles. The molecule has 0 bridgehead atoms. The SMILES string of the molecule is COc1ccc(-c2nc(-c3cccc(C=O)c3)n(C(F)F)n2)cc1. The van der Waals surface area contributed by atoms with Crippen LogP contribution in [0.15, 0.2) is 48.5 Å². The molecule has 0 radical (unpaired) electrons. The van der Waals surface area contributed by atoms with Crippen LogP contribution in [0.4, 0.5) is 8.78 Å². The van der Waals surface area contributed by atoms with E-state index in [1.54, 1.807) is 42.5 Å². The van der Waals surface area contributed by atoms with Gasteiger partial charge in [0.2, 0.25) is 0 Å². The number of aldehydes is 1. The van der Waals surface area contributed by atoms with Crippen molar-refractivity contribution in [2.45, 2.75) is 6.55 Å². The summed E-state index contributed by atoms with van der Waals surface area (Å²) in [5, 5.41) is 3.89. The zero-order valence-corrected chi connectivity index (χ0v) is 12.7. The molecule has 0 aliphatic rings. The van der Waals surface area contributed by atoms with E-state index in [9.17, 15) is 13.6 Å². The highest BCUT2D eigenvalue weighted by Crippen LogP contribution is 2.27. The lowest BCUT2D eigenvalue weighted by Crippen LogP contribution is -2.03. The van der Waals surface area contributed by atoms with E-state index in [1.807, 2.05) is 0 Å². The van der Waals surface area contributed by atoms with Gasteiger partial charge in [0.15, 0.2) is 11.6 Å². The fourth-order valence-corrected chi connectivity index (χ4v) is 2.27. The predicted octanol–water partition coefficient (Wildman–Crippen LogP) is 3.83. The van der Waals surface area contributed by atoms with Gasteiger partial charge < -0.3 is 4.74 Å². The summed E-state index contributed by atoms with van der Waals surface area (Å²) in [6.45, 7) is -2.85. The van der Waals surface area contributed by atoms with Crippen molar-refractivity contribution in [3.8, 4) is 28.5 Å². The monoisotopic (exact) mass is 329 g/mol. The molecule has 1 aromatic heterocycles. The number of methoxy groups -OCH3 is 1. The van der Waals surface area contributed by atoms with Crippen LogP contribution in [-0.2, 0) is 0 Å². The molecule has 24 heavy (non-hydrogen) atoms. The number of carbonyl (C=O) groups is 1. The predicted molar refractivity (Wildman–Crippen MR) is 84.1 cm³/mol. The Labute approximate surface area is 136 Å². The van der Waals surface area contributed by atoms with E-state index in [4.69, 9.17) is 4.74 Å². The fraction of sp³-hybridized carbons (Fsp3) is 0.118. The van der Waals surface area contributed by atoms with Crippen molar-refractivity contribution < 1.29 is 18.3 Å². The van der Waals surface area contributed by atoms with Gasteiger partial charge in [-0.2, -0.15) is 13.5 Å². The third-order valence-corrected chi connectivity index (χ3v) is 3.45. The van der Waals surface area contributed by atoms with Gasteiger partial charge >= 0.3 is 6.55 Å². The van der Waals surface area contributed by atoms with Gasteiger partial charge in [0.25, 0.3) is 0 Å². The van der Waals surface area contributed by atoms with Crippen LogP contribution in [0.25, 0.3) is 22.8 Å². The second kappa shape index (κ2) is 6.57. The van der Waals surface area contributed by atoms with Crippen LogP contribution in [0, 0.1) is 0 Å². The summed E-state index contributed by atoms with van der Waals surface area (Å²) in [4.78, 5) is 15.1. The highest BCUT2D eigenvalue weighted by Gasteiger charge is 2.19. The lowest BCUT2D eigenvalue weighted by Gasteiger charge is -2.04. The van der Waals surface area contributed by atoms with Crippen molar-refractivity contribution in [2.24, 2.45) is 0 Å². The number of alkyl halides is 2. The summed E-state index contributed by atoms with van der Waals surface area (Å²) in [6, 6.07) is 13.1. The molecule has 0 spiro atoms. The minimum atomic E-state index is -2.85. The van der Waals surface area contributed by atoms with Gasteiger partial charge in [-0.15, -0.1) is 5.10 Å². The Morgan fingerprint density at radius 2 is 1.88 bits per heavy atom. The lowest BCUT2D eigenvalue weighted by molar-refractivity contribution is 0.0584. The van der Waals surface area contributed by atoms with Crippen molar-refractivity contribution in [1.82, 2.24) is 14.8 Å². The van der Waals surface area contributed by atoms with Crippen LogP contribution in [0.3, 0.4) is 0 Å². The molecule has 0 fully saturated rings. The number of hydrogen-bond acceptors (Lipinski definition) is 4. The van der Waals surface area contributed by atoms with Crippen molar-refractivity contribution in [3.63, 3.8) is 0 Å². The van der Waals surface area contributed by atoms with Crippen molar-refractivity contribution in [3.05, 3.63) is 54.1 Å². The molecular formula is C17H13F2N3O2. The number of hydrogen-bond donors (Lipinski definition) is 0. The Kier molecular flexibility index (Phi) is 4.33. The van der Waals surface area contributed by atoms with Gasteiger partial charge in [0, 0.05) is 16.7 Å². The minimum Gasteiger partial charge on any atom is -0.497 e. The van der Waals surface area contributed by atoms with Crippen LogP contribution in [0.5, 0.6) is 5.75 Å². The Balaban J connectivity index is 2.08. The Bertz CT molecular complexity index is 861. The van der Waals surface area contributed by atoms with Gasteiger partial charge in [0.05, 0.1) is 7.11 Å². The summed E-state index contributed by atoms with van der Waals surface area (Å²) in [7, 11) is 1.54. The van der Waals surface area contributed by atoms with Crippen molar-refractivity contribution in [2.75, 3.05) is 7.11 Å². The quantitative estimate of drug-likeness (QED) is 0.668. The molecule has 3 rings (SSSR count). The maximum absolute atomic E-state index is 13.3. The van der Waals surface area contributed by atoms with Crippen LogP contribution in [-0.4, -0.2) is 28.2 Å². The second-order valence-electron chi connectivity index (χ2n) is 4.95. The van der Waals surface area contributed by atoms with Gasteiger partial charge in [-0.25, -0.2) is 4.98 Å². The molecule has 122 valence electrons. The minimum absolute atomic E-state index is 0.000446. The number of rotatable bonds is 5. The normalized spacial score (nSPS) is 10.8. The largest absolute Gasteiger partial charge is 0.497 e. The standard InChI is InChI=1S/C17H13F2N3O2/c1-24-14-7-5-12(6-8-14)15-20-16(22(21-15)17(18)19)13-4-2-3-11(9-13)10-23/h2-10,17H,1H3. The molecule has 3 aromatic rings. The van der Waals surface area contributed by atoms with E-state index in [0.717, 1.165) is 0 Å². The maximum atomic E-state index is 13.3. The third kappa shape index (κ3) is 3.01. The highest BCUT2D eigenvalue weighted by atomic mass is 19.3. The number of ether oxygens (including phenoxy) is 1. The van der Waals surface area contributed by atoms with Crippen molar-refractivity contribution in [1.29, 1.82) is 0 Å². The Morgan fingerprint density at radius 3 is 2.50 bits per heavy atom. The van der Waals surface area contributed by atoms with E-state index >= 15 is 0 Å². The molecule has 7 heteroatoms. The molecule has 1 heterocycles. The smallest absolute Gasteiger partial charge is 0.335 e. The zero-order valence-electron chi connectivity index (χ0n) is 12.7. The summed E-state index contributed by atoms with van der Waals surface area (Å²) in [6.07, 6.45) is 0.650. The first-order valence-corrected chi connectivity index (χ1v) is 7.07. The molecule has 0 saturated heterocycles. The number of nitrogens with zero attached hydrogens (tertiary/aromatic N) is 3. The second-order valence-corrected chi connectivity index (χ2v) is 4.95. The average molecular weight is 329 g/mol. The topological polar surface area (TPSA) is 57.0 Å². The van der Waals surface area contributed by atoms with Gasteiger partial charge in [-0.1, -0.05) is 18.2 Å². The number of aromatic nitrogens is 3. The van der Waals surface area contributed by atoms with Crippen LogP contribution < -0.4 is 4.74 Å². The Hall–Kier alpha value is -3.09. The van der Waals surface area contributed by atoms with Crippen LogP contribution in [0.2, 0.25) is 0 Å². The lowest BCUT2D eigenvalue weighted by atomic mass is 10.1. The maximum Gasteiger partial charge on any atom is 0.335 e. The first kappa shape index (κ1) is 15.8. The molecule has 0 amide bonds. The van der Waals surface area contributed by atoms with Crippen molar-refractivity contribution >= 4 is 6.29 Å². The van der Waals surface area contributed by atoms with E-state index in [0.29, 0.717) is 33.4 Å². The molecule has 0 aliphatic carbocycles. The molecular weight excluding hydrogens is 316 g/mol. The van der Waals surface area contributed by atoms with Gasteiger partial charge in [-0.05, 0) is 30.3 Å². The third-order valence-electron chi connectivity index (χ3n) is 3.45. The van der Waals surface area contributed by atoms with E-state index in [2.05, 4.69) is 10.1 Å². The molecule has 0 unspecified atom stereocenters. The summed E-state index contributed by atoms with van der Waals surface area (Å²) >= 11 is 0. The van der Waals surface area contributed by atoms with Gasteiger partial charge in [0.1, 0.15) is 12.0 Å². The van der Waals surface area contributed by atoms with Gasteiger partial charge in [-0.3, -0.25) is 4.79 Å². The molecule has 0 atom stereocenters. The molecule has 0 N–H and O–H groups in total. The summed E-state index contributed by atoms with van der Waals surface area (Å²) < 4.78 is 32.2. The number of carbonyl (C=O) groups excluding carboxylic acids is 1. The van der Waals surface area contributed by atoms with E-state index < -0.39 is 6.55 Å². The average Bonchev–Trinajstić information content (AvgIpc) is 3.07. The zero-order chi connectivity index (χ0) is 17.1. The highest BCUT2D eigenvalue weighted by molar-refractivity contribution is 5.78. The summed E-state index contributed by atoms with van der Waals surface area (Å²) in [5.74, 6) is 0.815.